The number of carbonyl (C=O) groups excluding carboxylic acids is 1. The van der Waals surface area contributed by atoms with Gasteiger partial charge in [-0.2, -0.15) is 0 Å². The molecule has 0 aliphatic heterocycles. The smallest absolute Gasteiger partial charge is 0.311 e. The van der Waals surface area contributed by atoms with Gasteiger partial charge in [0.15, 0.2) is 11.6 Å². The SMILES string of the molecule is COC(=O)C(C)(C)CCOc1ccc(F)c(OC)c1. The predicted octanol–water partition coefficient (Wildman–Crippen LogP) is 2.80. The second-order valence-electron chi connectivity index (χ2n) is 4.77. The van der Waals surface area contributed by atoms with E-state index in [4.69, 9.17) is 14.2 Å². The normalized spacial score (nSPS) is 11.0. The van der Waals surface area contributed by atoms with Crippen molar-refractivity contribution >= 4 is 5.97 Å². The van der Waals surface area contributed by atoms with E-state index >= 15 is 0 Å². The lowest BCUT2D eigenvalue weighted by Gasteiger charge is -2.21. The summed E-state index contributed by atoms with van der Waals surface area (Å²) in [5.41, 5.74) is -0.612. The van der Waals surface area contributed by atoms with Crippen LogP contribution in [0.25, 0.3) is 0 Å². The highest BCUT2D eigenvalue weighted by Gasteiger charge is 2.28. The fourth-order valence-corrected chi connectivity index (χ4v) is 1.53. The van der Waals surface area contributed by atoms with Crippen LogP contribution in [0.15, 0.2) is 18.2 Å². The third-order valence-corrected chi connectivity index (χ3v) is 2.86. The Labute approximate surface area is 112 Å². The summed E-state index contributed by atoms with van der Waals surface area (Å²) in [6.07, 6.45) is 0.499. The van der Waals surface area contributed by atoms with E-state index in [0.717, 1.165) is 0 Å². The van der Waals surface area contributed by atoms with Gasteiger partial charge in [-0.1, -0.05) is 0 Å². The molecular formula is C14H19FO4. The van der Waals surface area contributed by atoms with Crippen molar-refractivity contribution in [3.8, 4) is 11.5 Å². The first kappa shape index (κ1) is 15.3. The Morgan fingerprint density at radius 3 is 2.58 bits per heavy atom. The number of hydrogen-bond acceptors (Lipinski definition) is 4. The van der Waals surface area contributed by atoms with Crippen LogP contribution in [0.2, 0.25) is 0 Å². The molecule has 5 heteroatoms. The molecule has 0 aromatic heterocycles. The second-order valence-corrected chi connectivity index (χ2v) is 4.77. The van der Waals surface area contributed by atoms with Crippen LogP contribution < -0.4 is 9.47 Å². The summed E-state index contributed by atoms with van der Waals surface area (Å²) in [5, 5.41) is 0. The lowest BCUT2D eigenvalue weighted by Crippen LogP contribution is -2.27. The van der Waals surface area contributed by atoms with Gasteiger partial charge in [-0.3, -0.25) is 4.79 Å². The Morgan fingerprint density at radius 1 is 1.32 bits per heavy atom. The molecule has 0 amide bonds. The highest BCUT2D eigenvalue weighted by atomic mass is 19.1. The Balaban J connectivity index is 2.56. The average Bonchev–Trinajstić information content (AvgIpc) is 2.39. The molecule has 19 heavy (non-hydrogen) atoms. The summed E-state index contributed by atoms with van der Waals surface area (Å²) >= 11 is 0. The van der Waals surface area contributed by atoms with E-state index < -0.39 is 11.2 Å². The molecule has 0 unspecified atom stereocenters. The standard InChI is InChI=1S/C14H19FO4/c1-14(2,13(16)18-4)7-8-19-10-5-6-11(15)12(9-10)17-3/h5-6,9H,7-8H2,1-4H3. The Kier molecular flexibility index (Phi) is 5.15. The zero-order chi connectivity index (χ0) is 14.5. The molecule has 106 valence electrons. The summed E-state index contributed by atoms with van der Waals surface area (Å²) in [6, 6.07) is 4.27. The molecule has 1 aromatic rings. The van der Waals surface area contributed by atoms with Crippen LogP contribution in [0.1, 0.15) is 20.3 Å². The van der Waals surface area contributed by atoms with Gasteiger partial charge >= 0.3 is 5.97 Å². The van der Waals surface area contributed by atoms with Gasteiger partial charge in [0.25, 0.3) is 0 Å². The summed E-state index contributed by atoms with van der Waals surface area (Å²) < 4.78 is 28.2. The lowest BCUT2D eigenvalue weighted by atomic mass is 9.90. The number of methoxy groups -OCH3 is 2. The van der Waals surface area contributed by atoms with Gasteiger partial charge in [-0.15, -0.1) is 0 Å². The summed E-state index contributed by atoms with van der Waals surface area (Å²) in [7, 11) is 2.75. The fourth-order valence-electron chi connectivity index (χ4n) is 1.53. The molecular weight excluding hydrogens is 251 g/mol. The molecule has 0 atom stereocenters. The molecule has 1 aromatic carbocycles. The van der Waals surface area contributed by atoms with E-state index in [-0.39, 0.29) is 11.7 Å². The number of ether oxygens (including phenoxy) is 3. The van der Waals surface area contributed by atoms with Crippen molar-refractivity contribution < 1.29 is 23.4 Å². The van der Waals surface area contributed by atoms with Gasteiger partial charge in [0.05, 0.1) is 26.2 Å². The Morgan fingerprint density at radius 2 is 2.00 bits per heavy atom. The first-order chi connectivity index (χ1) is 8.90. The minimum absolute atomic E-state index is 0.129. The number of carbonyl (C=O) groups is 1. The maximum absolute atomic E-state index is 13.2. The largest absolute Gasteiger partial charge is 0.494 e. The maximum atomic E-state index is 13.2. The third kappa shape index (κ3) is 4.12. The molecule has 0 N–H and O–H groups in total. The molecule has 0 bridgehead atoms. The average molecular weight is 270 g/mol. The van der Waals surface area contributed by atoms with Gasteiger partial charge in [0.2, 0.25) is 0 Å². The van der Waals surface area contributed by atoms with Gasteiger partial charge < -0.3 is 14.2 Å². The lowest BCUT2D eigenvalue weighted by molar-refractivity contribution is -0.151. The molecule has 0 radical (unpaired) electrons. The minimum atomic E-state index is -0.612. The van der Waals surface area contributed by atoms with Crippen molar-refractivity contribution in [2.45, 2.75) is 20.3 Å². The van der Waals surface area contributed by atoms with Crippen molar-refractivity contribution in [1.82, 2.24) is 0 Å². The fraction of sp³-hybridized carbons (Fsp3) is 0.500. The van der Waals surface area contributed by atoms with E-state index in [9.17, 15) is 9.18 Å². The van der Waals surface area contributed by atoms with Gasteiger partial charge in [-0.25, -0.2) is 4.39 Å². The molecule has 0 fully saturated rings. The van der Waals surface area contributed by atoms with Crippen LogP contribution in [0.5, 0.6) is 11.5 Å². The zero-order valence-corrected chi connectivity index (χ0v) is 11.7. The number of rotatable bonds is 6. The minimum Gasteiger partial charge on any atom is -0.494 e. The van der Waals surface area contributed by atoms with Crippen LogP contribution in [0.3, 0.4) is 0 Å². The van der Waals surface area contributed by atoms with Crippen molar-refractivity contribution in [1.29, 1.82) is 0 Å². The van der Waals surface area contributed by atoms with Gasteiger partial charge in [-0.05, 0) is 32.4 Å². The van der Waals surface area contributed by atoms with Crippen molar-refractivity contribution in [2.24, 2.45) is 5.41 Å². The van der Waals surface area contributed by atoms with Crippen molar-refractivity contribution in [3.05, 3.63) is 24.0 Å². The molecule has 0 aliphatic carbocycles. The monoisotopic (exact) mass is 270 g/mol. The van der Waals surface area contributed by atoms with Gasteiger partial charge in [0.1, 0.15) is 5.75 Å². The number of halogens is 1. The van der Waals surface area contributed by atoms with Crippen LogP contribution in [0, 0.1) is 11.2 Å². The number of hydrogen-bond donors (Lipinski definition) is 0. The molecule has 0 heterocycles. The highest BCUT2D eigenvalue weighted by molar-refractivity contribution is 5.75. The molecule has 0 saturated heterocycles. The van der Waals surface area contributed by atoms with Crippen LogP contribution in [0.4, 0.5) is 4.39 Å². The molecule has 0 saturated carbocycles. The van der Waals surface area contributed by atoms with E-state index in [1.54, 1.807) is 13.8 Å². The number of esters is 1. The summed E-state index contributed by atoms with van der Waals surface area (Å²) in [5.74, 6) is -0.0961. The Bertz CT molecular complexity index is 443. The molecule has 0 aliphatic rings. The number of benzene rings is 1. The topological polar surface area (TPSA) is 44.8 Å². The third-order valence-electron chi connectivity index (χ3n) is 2.86. The van der Waals surface area contributed by atoms with E-state index in [0.29, 0.717) is 18.8 Å². The van der Waals surface area contributed by atoms with E-state index in [2.05, 4.69) is 0 Å². The van der Waals surface area contributed by atoms with Crippen molar-refractivity contribution in [3.63, 3.8) is 0 Å². The summed E-state index contributed by atoms with van der Waals surface area (Å²) in [4.78, 5) is 11.5. The van der Waals surface area contributed by atoms with Crippen molar-refractivity contribution in [2.75, 3.05) is 20.8 Å². The van der Waals surface area contributed by atoms with Gasteiger partial charge in [0, 0.05) is 6.07 Å². The van der Waals surface area contributed by atoms with Crippen LogP contribution in [-0.2, 0) is 9.53 Å². The Hall–Kier alpha value is -1.78. The molecule has 0 spiro atoms. The predicted molar refractivity (Wildman–Crippen MR) is 68.9 cm³/mol. The first-order valence-electron chi connectivity index (χ1n) is 5.95. The molecule has 1 rings (SSSR count). The second kappa shape index (κ2) is 6.41. The van der Waals surface area contributed by atoms with Crippen LogP contribution >= 0.6 is 0 Å². The summed E-state index contributed by atoms with van der Waals surface area (Å²) in [6.45, 7) is 3.90. The zero-order valence-electron chi connectivity index (χ0n) is 11.7. The van der Waals surface area contributed by atoms with E-state index in [1.807, 2.05) is 0 Å². The van der Waals surface area contributed by atoms with E-state index in [1.165, 1.54) is 32.4 Å². The highest BCUT2D eigenvalue weighted by Crippen LogP contribution is 2.25. The molecule has 4 nitrogen and oxygen atoms in total. The first-order valence-corrected chi connectivity index (χ1v) is 5.95. The maximum Gasteiger partial charge on any atom is 0.311 e. The van der Waals surface area contributed by atoms with Crippen LogP contribution in [-0.4, -0.2) is 26.8 Å². The quantitative estimate of drug-likeness (QED) is 0.746.